The number of hydrogen-bond acceptors (Lipinski definition) is 4. The molecule has 2 atom stereocenters. The van der Waals surface area contributed by atoms with Crippen LogP contribution in [0.2, 0.25) is 0 Å². The zero-order chi connectivity index (χ0) is 14.6. The molecule has 1 aromatic rings. The number of rotatable bonds is 5. The summed E-state index contributed by atoms with van der Waals surface area (Å²) in [6.07, 6.45) is 3.45. The molecule has 0 aromatic heterocycles. The van der Waals surface area contributed by atoms with E-state index in [0.29, 0.717) is 12.1 Å². The SMILES string of the molecule is CCC1CC(NCc2ccc(S(N)(=O)=O)cc2)CCO1. The molecule has 1 saturated heterocycles. The molecule has 2 unspecified atom stereocenters. The summed E-state index contributed by atoms with van der Waals surface area (Å²) in [5.41, 5.74) is 1.05. The zero-order valence-electron chi connectivity index (χ0n) is 11.7. The van der Waals surface area contributed by atoms with E-state index in [1.54, 1.807) is 24.3 Å². The van der Waals surface area contributed by atoms with Crippen molar-refractivity contribution in [3.63, 3.8) is 0 Å². The number of benzene rings is 1. The minimum Gasteiger partial charge on any atom is -0.378 e. The van der Waals surface area contributed by atoms with Gasteiger partial charge in [0.25, 0.3) is 0 Å². The second kappa shape index (κ2) is 6.67. The summed E-state index contributed by atoms with van der Waals surface area (Å²) in [4.78, 5) is 0.151. The van der Waals surface area contributed by atoms with Crippen molar-refractivity contribution in [1.82, 2.24) is 5.32 Å². The van der Waals surface area contributed by atoms with Crippen LogP contribution in [0.1, 0.15) is 31.7 Å². The van der Waals surface area contributed by atoms with Gasteiger partial charge in [-0.25, -0.2) is 13.6 Å². The van der Waals surface area contributed by atoms with Crippen molar-refractivity contribution in [2.75, 3.05) is 6.61 Å². The predicted molar refractivity (Wildman–Crippen MR) is 77.7 cm³/mol. The lowest BCUT2D eigenvalue weighted by Gasteiger charge is -2.29. The minimum atomic E-state index is -3.60. The highest BCUT2D eigenvalue weighted by Gasteiger charge is 2.20. The summed E-state index contributed by atoms with van der Waals surface area (Å²) < 4.78 is 28.0. The summed E-state index contributed by atoms with van der Waals surface area (Å²) >= 11 is 0. The van der Waals surface area contributed by atoms with E-state index in [0.717, 1.165) is 38.0 Å². The Balaban J connectivity index is 1.88. The van der Waals surface area contributed by atoms with Crippen LogP contribution in [-0.2, 0) is 21.3 Å². The summed E-state index contributed by atoms with van der Waals surface area (Å²) in [5.74, 6) is 0. The molecule has 1 aliphatic rings. The molecule has 2 rings (SSSR count). The van der Waals surface area contributed by atoms with E-state index >= 15 is 0 Å². The van der Waals surface area contributed by atoms with E-state index in [9.17, 15) is 8.42 Å². The van der Waals surface area contributed by atoms with Gasteiger partial charge in [-0.15, -0.1) is 0 Å². The fraction of sp³-hybridized carbons (Fsp3) is 0.571. The maximum Gasteiger partial charge on any atom is 0.238 e. The van der Waals surface area contributed by atoms with Gasteiger partial charge in [0.1, 0.15) is 0 Å². The number of sulfonamides is 1. The molecule has 6 heteroatoms. The molecule has 3 N–H and O–H groups in total. The lowest BCUT2D eigenvalue weighted by molar-refractivity contribution is -0.000319. The molecule has 0 bridgehead atoms. The van der Waals surface area contributed by atoms with Gasteiger partial charge in [-0.1, -0.05) is 19.1 Å². The minimum absolute atomic E-state index is 0.151. The molecule has 0 amide bonds. The number of nitrogens with one attached hydrogen (secondary N) is 1. The van der Waals surface area contributed by atoms with E-state index in [1.807, 2.05) is 0 Å². The van der Waals surface area contributed by atoms with E-state index in [4.69, 9.17) is 9.88 Å². The molecule has 1 fully saturated rings. The van der Waals surface area contributed by atoms with Gasteiger partial charge < -0.3 is 10.1 Å². The summed E-state index contributed by atoms with van der Waals surface area (Å²) in [7, 11) is -3.60. The Morgan fingerprint density at radius 2 is 2.05 bits per heavy atom. The molecule has 112 valence electrons. The van der Waals surface area contributed by atoms with Crippen LogP contribution < -0.4 is 10.5 Å². The maximum absolute atomic E-state index is 11.2. The lowest BCUT2D eigenvalue weighted by atomic mass is 10.0. The van der Waals surface area contributed by atoms with Crippen molar-refractivity contribution < 1.29 is 13.2 Å². The molecule has 5 nitrogen and oxygen atoms in total. The number of nitrogens with two attached hydrogens (primary N) is 1. The van der Waals surface area contributed by atoms with Crippen LogP contribution in [-0.4, -0.2) is 27.2 Å². The highest BCUT2D eigenvalue weighted by molar-refractivity contribution is 7.89. The fourth-order valence-electron chi connectivity index (χ4n) is 2.41. The predicted octanol–water partition coefficient (Wildman–Crippen LogP) is 1.38. The quantitative estimate of drug-likeness (QED) is 0.860. The van der Waals surface area contributed by atoms with Crippen LogP contribution in [0.5, 0.6) is 0 Å². The van der Waals surface area contributed by atoms with Crippen LogP contribution >= 0.6 is 0 Å². The lowest BCUT2D eigenvalue weighted by Crippen LogP contribution is -2.38. The zero-order valence-corrected chi connectivity index (χ0v) is 12.5. The Kier molecular flexibility index (Phi) is 5.15. The van der Waals surface area contributed by atoms with Crippen LogP contribution in [0.15, 0.2) is 29.2 Å². The van der Waals surface area contributed by atoms with Crippen molar-refractivity contribution in [3.8, 4) is 0 Å². The average molecular weight is 298 g/mol. The van der Waals surface area contributed by atoms with E-state index in [-0.39, 0.29) is 4.90 Å². The van der Waals surface area contributed by atoms with Crippen LogP contribution in [0, 0.1) is 0 Å². The standard InChI is InChI=1S/C14H22N2O3S/c1-2-13-9-12(7-8-19-13)16-10-11-3-5-14(6-4-11)20(15,17)18/h3-6,12-13,16H,2,7-10H2,1H3,(H2,15,17,18). The second-order valence-electron chi connectivity index (χ2n) is 5.19. The van der Waals surface area contributed by atoms with Crippen LogP contribution in [0.4, 0.5) is 0 Å². The monoisotopic (exact) mass is 298 g/mol. The first-order chi connectivity index (χ1) is 9.49. The van der Waals surface area contributed by atoms with Gasteiger partial charge in [0, 0.05) is 19.2 Å². The first kappa shape index (κ1) is 15.4. The molecule has 1 aliphatic heterocycles. The first-order valence-electron chi connectivity index (χ1n) is 6.95. The topological polar surface area (TPSA) is 81.4 Å². The Hall–Kier alpha value is -0.950. The molecule has 0 spiro atoms. The Morgan fingerprint density at radius 3 is 2.65 bits per heavy atom. The molecule has 0 saturated carbocycles. The smallest absolute Gasteiger partial charge is 0.238 e. The Bertz CT molecular complexity index is 528. The van der Waals surface area contributed by atoms with Gasteiger partial charge in [-0.2, -0.15) is 0 Å². The molecule has 1 aromatic carbocycles. The van der Waals surface area contributed by atoms with E-state index < -0.39 is 10.0 Å². The molecule has 1 heterocycles. The third kappa shape index (κ3) is 4.28. The second-order valence-corrected chi connectivity index (χ2v) is 6.75. The number of ether oxygens (including phenoxy) is 1. The van der Waals surface area contributed by atoms with Crippen molar-refractivity contribution in [2.45, 2.75) is 49.8 Å². The van der Waals surface area contributed by atoms with Gasteiger partial charge in [0.05, 0.1) is 11.0 Å². The largest absolute Gasteiger partial charge is 0.378 e. The Morgan fingerprint density at radius 1 is 1.35 bits per heavy atom. The van der Waals surface area contributed by atoms with Crippen molar-refractivity contribution in [1.29, 1.82) is 0 Å². The van der Waals surface area contributed by atoms with Gasteiger partial charge >= 0.3 is 0 Å². The van der Waals surface area contributed by atoms with Crippen LogP contribution in [0.25, 0.3) is 0 Å². The molecule has 0 aliphatic carbocycles. The summed E-state index contributed by atoms with van der Waals surface area (Å²) in [6, 6.07) is 7.15. The molecule has 0 radical (unpaired) electrons. The fourth-order valence-corrected chi connectivity index (χ4v) is 2.92. The molecular formula is C14H22N2O3S. The van der Waals surface area contributed by atoms with Gasteiger partial charge in [0.2, 0.25) is 10.0 Å². The normalized spacial score (nSPS) is 23.7. The highest BCUT2D eigenvalue weighted by Crippen LogP contribution is 2.17. The summed E-state index contributed by atoms with van der Waals surface area (Å²) in [5, 5.41) is 8.57. The third-order valence-electron chi connectivity index (χ3n) is 3.67. The van der Waals surface area contributed by atoms with E-state index in [1.165, 1.54) is 0 Å². The molecule has 20 heavy (non-hydrogen) atoms. The first-order valence-corrected chi connectivity index (χ1v) is 8.50. The van der Waals surface area contributed by atoms with Gasteiger partial charge in [-0.05, 0) is 37.0 Å². The number of primary sulfonamides is 1. The maximum atomic E-state index is 11.2. The Labute approximate surface area is 120 Å². The van der Waals surface area contributed by atoms with Crippen molar-refractivity contribution in [2.24, 2.45) is 5.14 Å². The van der Waals surface area contributed by atoms with Gasteiger partial charge in [-0.3, -0.25) is 0 Å². The molecular weight excluding hydrogens is 276 g/mol. The van der Waals surface area contributed by atoms with Crippen molar-refractivity contribution in [3.05, 3.63) is 29.8 Å². The van der Waals surface area contributed by atoms with Gasteiger partial charge in [0.15, 0.2) is 0 Å². The average Bonchev–Trinajstić information content (AvgIpc) is 2.45. The summed E-state index contributed by atoms with van der Waals surface area (Å²) in [6.45, 7) is 3.67. The van der Waals surface area contributed by atoms with Crippen LogP contribution in [0.3, 0.4) is 0 Å². The van der Waals surface area contributed by atoms with Crippen molar-refractivity contribution >= 4 is 10.0 Å². The number of hydrogen-bond donors (Lipinski definition) is 2. The third-order valence-corrected chi connectivity index (χ3v) is 4.60. The highest BCUT2D eigenvalue weighted by atomic mass is 32.2. The van der Waals surface area contributed by atoms with E-state index in [2.05, 4.69) is 12.2 Å².